The summed E-state index contributed by atoms with van der Waals surface area (Å²) in [6.45, 7) is 2.64. The number of anilines is 1. The summed E-state index contributed by atoms with van der Waals surface area (Å²) in [5, 5.41) is 5.28. The second-order valence-electron chi connectivity index (χ2n) is 6.13. The van der Waals surface area contributed by atoms with Crippen LogP contribution in [0.5, 0.6) is 5.75 Å². The molecule has 0 saturated carbocycles. The van der Waals surface area contributed by atoms with Crippen molar-refractivity contribution in [3.63, 3.8) is 0 Å². The molecular formula is C21H22N2O3S. The molecule has 0 saturated heterocycles. The van der Waals surface area contributed by atoms with Gasteiger partial charge in [0.15, 0.2) is 11.7 Å². The van der Waals surface area contributed by atoms with Crippen molar-refractivity contribution in [1.29, 1.82) is 0 Å². The molecule has 0 aliphatic rings. The molecule has 0 aliphatic heterocycles. The topological polar surface area (TPSA) is 60.5 Å². The number of ether oxygens (including phenoxy) is 2. The van der Waals surface area contributed by atoms with Gasteiger partial charge in [-0.3, -0.25) is 10.1 Å². The van der Waals surface area contributed by atoms with Gasteiger partial charge in [-0.1, -0.05) is 36.4 Å². The SMILES string of the molecule is COCCc1ccc(-c2csc(NC(=O)COc3cccc(C)c3)n2)cc1. The average molecular weight is 382 g/mol. The lowest BCUT2D eigenvalue weighted by atomic mass is 10.1. The van der Waals surface area contributed by atoms with E-state index < -0.39 is 0 Å². The molecule has 1 amide bonds. The van der Waals surface area contributed by atoms with E-state index in [1.165, 1.54) is 16.9 Å². The number of methoxy groups -OCH3 is 1. The first-order chi connectivity index (χ1) is 13.1. The van der Waals surface area contributed by atoms with Gasteiger partial charge >= 0.3 is 0 Å². The number of carbonyl (C=O) groups excluding carboxylic acids is 1. The predicted octanol–water partition coefficient (Wildman–Crippen LogP) is 4.32. The van der Waals surface area contributed by atoms with E-state index in [1.54, 1.807) is 7.11 Å². The molecule has 1 N–H and O–H groups in total. The molecule has 0 fully saturated rings. The quantitative estimate of drug-likeness (QED) is 0.630. The smallest absolute Gasteiger partial charge is 0.264 e. The highest BCUT2D eigenvalue weighted by Gasteiger charge is 2.09. The molecule has 140 valence electrons. The maximum Gasteiger partial charge on any atom is 0.264 e. The van der Waals surface area contributed by atoms with Crippen LogP contribution in [-0.2, 0) is 16.0 Å². The minimum Gasteiger partial charge on any atom is -0.484 e. The van der Waals surface area contributed by atoms with Gasteiger partial charge in [0.1, 0.15) is 5.75 Å². The van der Waals surface area contributed by atoms with Gasteiger partial charge in [-0.2, -0.15) is 0 Å². The minimum atomic E-state index is -0.229. The van der Waals surface area contributed by atoms with Crippen molar-refractivity contribution in [2.45, 2.75) is 13.3 Å². The number of aryl methyl sites for hydroxylation is 1. The predicted molar refractivity (Wildman–Crippen MR) is 108 cm³/mol. The highest BCUT2D eigenvalue weighted by Crippen LogP contribution is 2.25. The number of amides is 1. The van der Waals surface area contributed by atoms with Gasteiger partial charge in [-0.15, -0.1) is 11.3 Å². The summed E-state index contributed by atoms with van der Waals surface area (Å²) in [5.74, 6) is 0.450. The second-order valence-corrected chi connectivity index (χ2v) is 6.99. The fraction of sp³-hybridized carbons (Fsp3) is 0.238. The van der Waals surface area contributed by atoms with Crippen molar-refractivity contribution >= 4 is 22.4 Å². The Morgan fingerprint density at radius 3 is 2.74 bits per heavy atom. The molecule has 6 heteroatoms. The van der Waals surface area contributed by atoms with Crippen LogP contribution in [0.2, 0.25) is 0 Å². The van der Waals surface area contributed by atoms with E-state index in [9.17, 15) is 4.79 Å². The molecule has 1 aromatic heterocycles. The standard InChI is InChI=1S/C21H22N2O3S/c1-15-4-3-5-18(12-15)26-13-20(24)23-21-22-19(14-27-21)17-8-6-16(7-9-17)10-11-25-2/h3-9,12,14H,10-11,13H2,1-2H3,(H,22,23,24). The number of thiazole rings is 1. The molecule has 2 aromatic carbocycles. The Morgan fingerprint density at radius 1 is 1.19 bits per heavy atom. The summed E-state index contributed by atoms with van der Waals surface area (Å²) in [7, 11) is 1.70. The highest BCUT2D eigenvalue weighted by molar-refractivity contribution is 7.14. The number of hydrogen-bond donors (Lipinski definition) is 1. The third-order valence-corrected chi connectivity index (χ3v) is 4.71. The number of nitrogens with zero attached hydrogens (tertiary/aromatic N) is 1. The zero-order valence-corrected chi connectivity index (χ0v) is 16.2. The van der Waals surface area contributed by atoms with Gasteiger partial charge in [-0.05, 0) is 36.6 Å². The summed E-state index contributed by atoms with van der Waals surface area (Å²) < 4.78 is 10.6. The van der Waals surface area contributed by atoms with E-state index in [1.807, 2.05) is 48.7 Å². The molecule has 0 radical (unpaired) electrons. The first kappa shape index (κ1) is 19.1. The Labute approximate surface area is 163 Å². The maximum atomic E-state index is 12.1. The van der Waals surface area contributed by atoms with Crippen molar-refractivity contribution in [1.82, 2.24) is 4.98 Å². The number of hydrogen-bond acceptors (Lipinski definition) is 5. The monoisotopic (exact) mass is 382 g/mol. The Morgan fingerprint density at radius 2 is 2.00 bits per heavy atom. The van der Waals surface area contributed by atoms with Gasteiger partial charge in [0.05, 0.1) is 12.3 Å². The second kappa shape index (κ2) is 9.30. The van der Waals surface area contributed by atoms with Crippen LogP contribution in [0, 0.1) is 6.92 Å². The molecule has 0 unspecified atom stereocenters. The van der Waals surface area contributed by atoms with Crippen LogP contribution >= 0.6 is 11.3 Å². The fourth-order valence-electron chi connectivity index (χ4n) is 2.54. The van der Waals surface area contributed by atoms with Crippen LogP contribution in [0.3, 0.4) is 0 Å². The van der Waals surface area contributed by atoms with E-state index in [0.29, 0.717) is 17.5 Å². The number of aromatic nitrogens is 1. The summed E-state index contributed by atoms with van der Waals surface area (Å²) >= 11 is 1.40. The molecule has 0 atom stereocenters. The molecule has 3 rings (SSSR count). The molecule has 0 aliphatic carbocycles. The van der Waals surface area contributed by atoms with Crippen molar-refractivity contribution in [2.75, 3.05) is 25.6 Å². The van der Waals surface area contributed by atoms with Crippen molar-refractivity contribution in [2.24, 2.45) is 0 Å². The minimum absolute atomic E-state index is 0.0490. The Balaban J connectivity index is 1.54. The van der Waals surface area contributed by atoms with Gasteiger partial charge < -0.3 is 9.47 Å². The number of nitrogens with one attached hydrogen (secondary N) is 1. The first-order valence-electron chi connectivity index (χ1n) is 8.67. The largest absolute Gasteiger partial charge is 0.484 e. The number of benzene rings is 2. The summed E-state index contributed by atoms with van der Waals surface area (Å²) in [5.41, 5.74) is 4.17. The summed E-state index contributed by atoms with van der Waals surface area (Å²) in [6, 6.07) is 15.8. The molecular weight excluding hydrogens is 360 g/mol. The summed E-state index contributed by atoms with van der Waals surface area (Å²) in [4.78, 5) is 16.6. The van der Waals surface area contributed by atoms with E-state index in [-0.39, 0.29) is 12.5 Å². The molecule has 1 heterocycles. The van der Waals surface area contributed by atoms with E-state index in [4.69, 9.17) is 9.47 Å². The molecule has 3 aromatic rings. The van der Waals surface area contributed by atoms with E-state index in [2.05, 4.69) is 22.4 Å². The third kappa shape index (κ3) is 5.64. The van der Waals surface area contributed by atoms with Crippen molar-refractivity contribution in [3.05, 3.63) is 65.0 Å². The lowest BCUT2D eigenvalue weighted by Crippen LogP contribution is -2.20. The Bertz CT molecular complexity index is 890. The van der Waals surface area contributed by atoms with E-state index in [0.717, 1.165) is 23.2 Å². The highest BCUT2D eigenvalue weighted by atomic mass is 32.1. The van der Waals surface area contributed by atoms with Crippen LogP contribution in [0.1, 0.15) is 11.1 Å². The zero-order valence-electron chi connectivity index (χ0n) is 15.4. The normalized spacial score (nSPS) is 10.6. The Kier molecular flexibility index (Phi) is 6.57. The molecule has 5 nitrogen and oxygen atoms in total. The van der Waals surface area contributed by atoms with Crippen molar-refractivity contribution in [3.8, 4) is 17.0 Å². The lowest BCUT2D eigenvalue weighted by molar-refractivity contribution is -0.118. The molecule has 0 bridgehead atoms. The molecule has 0 spiro atoms. The van der Waals surface area contributed by atoms with Gasteiger partial charge in [0.2, 0.25) is 0 Å². The van der Waals surface area contributed by atoms with Gasteiger partial charge in [0.25, 0.3) is 5.91 Å². The van der Waals surface area contributed by atoms with Gasteiger partial charge in [0, 0.05) is 18.1 Å². The van der Waals surface area contributed by atoms with Crippen LogP contribution in [0.4, 0.5) is 5.13 Å². The van der Waals surface area contributed by atoms with Crippen molar-refractivity contribution < 1.29 is 14.3 Å². The van der Waals surface area contributed by atoms with Crippen LogP contribution < -0.4 is 10.1 Å². The average Bonchev–Trinajstić information content (AvgIpc) is 3.13. The fourth-order valence-corrected chi connectivity index (χ4v) is 3.27. The number of rotatable bonds is 8. The lowest BCUT2D eigenvalue weighted by Gasteiger charge is -2.06. The molecule has 27 heavy (non-hydrogen) atoms. The van der Waals surface area contributed by atoms with Crippen LogP contribution in [0.25, 0.3) is 11.3 Å². The van der Waals surface area contributed by atoms with Crippen LogP contribution in [0.15, 0.2) is 53.9 Å². The maximum absolute atomic E-state index is 12.1. The van der Waals surface area contributed by atoms with E-state index >= 15 is 0 Å². The van der Waals surface area contributed by atoms with Crippen LogP contribution in [-0.4, -0.2) is 31.2 Å². The Hall–Kier alpha value is -2.70. The summed E-state index contributed by atoms with van der Waals surface area (Å²) in [6.07, 6.45) is 0.885. The third-order valence-electron chi connectivity index (χ3n) is 3.95. The number of carbonyl (C=O) groups is 1. The zero-order chi connectivity index (χ0) is 19.1. The van der Waals surface area contributed by atoms with Gasteiger partial charge in [-0.25, -0.2) is 4.98 Å². The first-order valence-corrected chi connectivity index (χ1v) is 9.55.